The maximum atomic E-state index is 13.1. The zero-order valence-electron chi connectivity index (χ0n) is 18.3. The Labute approximate surface area is 197 Å². The van der Waals surface area contributed by atoms with E-state index in [-0.39, 0.29) is 28.9 Å². The molecule has 0 radical (unpaired) electrons. The van der Waals surface area contributed by atoms with Crippen molar-refractivity contribution in [1.82, 2.24) is 14.5 Å². The van der Waals surface area contributed by atoms with Crippen molar-refractivity contribution in [2.45, 2.75) is 26.3 Å². The molecule has 1 aromatic carbocycles. The smallest absolute Gasteiger partial charge is 0.263 e. The van der Waals surface area contributed by atoms with Crippen molar-refractivity contribution in [3.63, 3.8) is 0 Å². The summed E-state index contributed by atoms with van der Waals surface area (Å²) in [6.45, 7) is 3.24. The molecule has 33 heavy (non-hydrogen) atoms. The van der Waals surface area contributed by atoms with Crippen molar-refractivity contribution in [2.75, 3.05) is 18.4 Å². The number of nitrogens with one attached hydrogen (secondary N) is 1. The van der Waals surface area contributed by atoms with Crippen LogP contribution in [-0.2, 0) is 11.3 Å². The van der Waals surface area contributed by atoms with Crippen LogP contribution in [0, 0.1) is 12.8 Å². The van der Waals surface area contributed by atoms with Crippen molar-refractivity contribution < 1.29 is 9.59 Å². The molecule has 0 saturated carbocycles. The Hall–Kier alpha value is -3.45. The lowest BCUT2D eigenvalue weighted by Gasteiger charge is -2.31. The summed E-state index contributed by atoms with van der Waals surface area (Å²) in [6.07, 6.45) is 4.22. The number of carbonyl (C=O) groups is 2. The fraction of sp³-hybridized carbons (Fsp3) is 0.280. The van der Waals surface area contributed by atoms with Gasteiger partial charge in [-0.1, -0.05) is 41.4 Å². The van der Waals surface area contributed by atoms with E-state index < -0.39 is 0 Å². The summed E-state index contributed by atoms with van der Waals surface area (Å²) in [7, 11) is 0. The molecule has 1 fully saturated rings. The number of pyridine rings is 2. The van der Waals surface area contributed by atoms with Crippen LogP contribution in [0.5, 0.6) is 0 Å². The fourth-order valence-corrected chi connectivity index (χ4v) is 4.14. The number of halogens is 1. The number of aryl methyl sites for hydroxylation is 1. The zero-order chi connectivity index (χ0) is 23.4. The number of rotatable bonds is 5. The van der Waals surface area contributed by atoms with Gasteiger partial charge < -0.3 is 14.8 Å². The van der Waals surface area contributed by atoms with E-state index in [0.717, 1.165) is 11.1 Å². The molecule has 0 atom stereocenters. The van der Waals surface area contributed by atoms with E-state index in [1.165, 1.54) is 6.20 Å². The van der Waals surface area contributed by atoms with Crippen LogP contribution in [0.25, 0.3) is 0 Å². The lowest BCUT2D eigenvalue weighted by Crippen LogP contribution is -2.43. The first-order valence-corrected chi connectivity index (χ1v) is 11.3. The van der Waals surface area contributed by atoms with Crippen LogP contribution in [0.4, 0.5) is 5.82 Å². The average molecular weight is 465 g/mol. The van der Waals surface area contributed by atoms with Crippen molar-refractivity contribution in [2.24, 2.45) is 5.92 Å². The first-order valence-electron chi connectivity index (χ1n) is 10.9. The standard InChI is InChI=1S/C25H25ClN4O3/c1-17-4-2-5-18(14-17)16-30-11-3-6-21(25(30)33)24(32)29-12-9-19(10-13-29)23(31)28-22-8-7-20(26)15-27-22/h2-8,11,14-15,19H,9-10,12-13,16H2,1H3,(H,27,28,31). The molecule has 0 unspecified atom stereocenters. The second-order valence-corrected chi connectivity index (χ2v) is 8.70. The third-order valence-electron chi connectivity index (χ3n) is 5.82. The van der Waals surface area contributed by atoms with Crippen LogP contribution in [0.1, 0.15) is 34.3 Å². The molecule has 4 rings (SSSR count). The van der Waals surface area contributed by atoms with Crippen LogP contribution in [0.2, 0.25) is 5.02 Å². The molecule has 2 aromatic heterocycles. The third kappa shape index (κ3) is 5.49. The zero-order valence-corrected chi connectivity index (χ0v) is 19.1. The van der Waals surface area contributed by atoms with Crippen molar-refractivity contribution >= 4 is 29.2 Å². The van der Waals surface area contributed by atoms with Gasteiger partial charge in [-0.15, -0.1) is 0 Å². The summed E-state index contributed by atoms with van der Waals surface area (Å²) in [6, 6.07) is 14.6. The Morgan fingerprint density at radius 2 is 1.91 bits per heavy atom. The molecule has 170 valence electrons. The van der Waals surface area contributed by atoms with Gasteiger partial charge in [0.15, 0.2) is 0 Å². The van der Waals surface area contributed by atoms with E-state index in [2.05, 4.69) is 10.3 Å². The highest BCUT2D eigenvalue weighted by atomic mass is 35.5. The normalized spacial score (nSPS) is 14.2. The van der Waals surface area contributed by atoms with E-state index in [0.29, 0.717) is 43.3 Å². The maximum absolute atomic E-state index is 13.1. The summed E-state index contributed by atoms with van der Waals surface area (Å²) in [5.41, 5.74) is 1.96. The molecule has 0 spiro atoms. The number of benzene rings is 1. The molecule has 1 aliphatic heterocycles. The quantitative estimate of drug-likeness (QED) is 0.623. The van der Waals surface area contributed by atoms with Gasteiger partial charge in [-0.2, -0.15) is 0 Å². The Morgan fingerprint density at radius 3 is 2.61 bits per heavy atom. The van der Waals surface area contributed by atoms with Gasteiger partial charge in [0.1, 0.15) is 11.4 Å². The van der Waals surface area contributed by atoms with E-state index in [1.807, 2.05) is 31.2 Å². The van der Waals surface area contributed by atoms with Gasteiger partial charge in [0.05, 0.1) is 11.6 Å². The highest BCUT2D eigenvalue weighted by Crippen LogP contribution is 2.20. The topological polar surface area (TPSA) is 84.3 Å². The lowest BCUT2D eigenvalue weighted by molar-refractivity contribution is -0.121. The number of hydrogen-bond acceptors (Lipinski definition) is 4. The predicted octanol–water partition coefficient (Wildman–Crippen LogP) is 3.74. The van der Waals surface area contributed by atoms with Gasteiger partial charge in [-0.3, -0.25) is 14.4 Å². The first-order chi connectivity index (χ1) is 15.9. The van der Waals surface area contributed by atoms with Crippen LogP contribution in [0.3, 0.4) is 0 Å². The number of piperidine rings is 1. The van der Waals surface area contributed by atoms with Crippen molar-refractivity contribution in [1.29, 1.82) is 0 Å². The van der Waals surface area contributed by atoms with E-state index in [4.69, 9.17) is 11.6 Å². The third-order valence-corrected chi connectivity index (χ3v) is 6.04. The summed E-state index contributed by atoms with van der Waals surface area (Å²) < 4.78 is 1.56. The molecule has 1 N–H and O–H groups in total. The molecule has 2 amide bonds. The molecule has 0 aliphatic carbocycles. The van der Waals surface area contributed by atoms with Gasteiger partial charge in [0, 0.05) is 31.4 Å². The predicted molar refractivity (Wildman–Crippen MR) is 127 cm³/mol. The van der Waals surface area contributed by atoms with Crippen LogP contribution >= 0.6 is 11.6 Å². The second kappa shape index (κ2) is 10.0. The Morgan fingerprint density at radius 1 is 1.12 bits per heavy atom. The first kappa shape index (κ1) is 22.7. The Balaban J connectivity index is 1.39. The molecular formula is C25H25ClN4O3. The number of carbonyl (C=O) groups excluding carboxylic acids is 2. The summed E-state index contributed by atoms with van der Waals surface area (Å²) in [5.74, 6) is -0.199. The summed E-state index contributed by atoms with van der Waals surface area (Å²) in [4.78, 5) is 44.3. The van der Waals surface area contributed by atoms with E-state index in [9.17, 15) is 14.4 Å². The second-order valence-electron chi connectivity index (χ2n) is 8.26. The van der Waals surface area contributed by atoms with Gasteiger partial charge >= 0.3 is 0 Å². The van der Waals surface area contributed by atoms with Gasteiger partial charge in [-0.05, 0) is 49.6 Å². The summed E-state index contributed by atoms with van der Waals surface area (Å²) >= 11 is 5.82. The molecule has 1 aliphatic rings. The largest absolute Gasteiger partial charge is 0.338 e. The Bertz CT molecular complexity index is 1210. The highest BCUT2D eigenvalue weighted by molar-refractivity contribution is 6.30. The number of amides is 2. The van der Waals surface area contributed by atoms with E-state index >= 15 is 0 Å². The lowest BCUT2D eigenvalue weighted by atomic mass is 9.95. The molecule has 7 nitrogen and oxygen atoms in total. The number of likely N-dealkylation sites (tertiary alicyclic amines) is 1. The monoisotopic (exact) mass is 464 g/mol. The fourth-order valence-electron chi connectivity index (χ4n) is 4.02. The van der Waals surface area contributed by atoms with E-state index in [1.54, 1.807) is 39.9 Å². The van der Waals surface area contributed by atoms with Crippen LogP contribution in [0.15, 0.2) is 65.7 Å². The minimum Gasteiger partial charge on any atom is -0.338 e. The maximum Gasteiger partial charge on any atom is 0.263 e. The average Bonchev–Trinajstić information content (AvgIpc) is 2.82. The van der Waals surface area contributed by atoms with Crippen molar-refractivity contribution in [3.05, 3.63) is 93.0 Å². The molecule has 8 heteroatoms. The van der Waals surface area contributed by atoms with Gasteiger partial charge in [-0.25, -0.2) is 4.98 Å². The number of hydrogen-bond donors (Lipinski definition) is 1. The number of anilines is 1. The molecule has 0 bridgehead atoms. The molecular weight excluding hydrogens is 440 g/mol. The molecule has 3 aromatic rings. The number of aromatic nitrogens is 2. The summed E-state index contributed by atoms with van der Waals surface area (Å²) in [5, 5.41) is 3.29. The SMILES string of the molecule is Cc1cccc(Cn2cccc(C(=O)N3CCC(C(=O)Nc4ccc(Cl)cn4)CC3)c2=O)c1. The molecule has 3 heterocycles. The van der Waals surface area contributed by atoms with Crippen molar-refractivity contribution in [3.8, 4) is 0 Å². The molecule has 1 saturated heterocycles. The highest BCUT2D eigenvalue weighted by Gasteiger charge is 2.29. The minimum atomic E-state index is -0.308. The minimum absolute atomic E-state index is 0.128. The van der Waals surface area contributed by atoms with Crippen LogP contribution < -0.4 is 10.9 Å². The van der Waals surface area contributed by atoms with Gasteiger partial charge in [0.25, 0.3) is 11.5 Å². The Kier molecular flexibility index (Phi) is 6.89. The number of nitrogens with zero attached hydrogens (tertiary/aromatic N) is 3. The van der Waals surface area contributed by atoms with Crippen LogP contribution in [-0.4, -0.2) is 39.4 Å². The van der Waals surface area contributed by atoms with Gasteiger partial charge in [0.2, 0.25) is 5.91 Å².